The molecule has 2 aromatic rings. The number of hydrogen-bond donors (Lipinski definition) is 2. The minimum atomic E-state index is 0. The largest absolute Gasteiger partial charge is 1.00 e. The minimum Gasteiger partial charge on any atom is -1.00 e. The summed E-state index contributed by atoms with van der Waals surface area (Å²) in [5, 5.41) is 2.44. The van der Waals surface area contributed by atoms with Crippen molar-refractivity contribution in [1.82, 2.24) is 0 Å². The van der Waals surface area contributed by atoms with Gasteiger partial charge in [-0.15, -0.1) is 0 Å². The SMILES string of the molecule is CC(Cc1ccccc1)[NH2+]CC[NH+]1C=Nc2ccccc21.[Cl-].[Cl-]. The molecule has 3 nitrogen and oxygen atoms in total. The number of quaternary nitrogens is 2. The summed E-state index contributed by atoms with van der Waals surface area (Å²) < 4.78 is 0. The van der Waals surface area contributed by atoms with Crippen LogP contribution in [-0.2, 0) is 6.42 Å². The smallest absolute Gasteiger partial charge is 0.194 e. The van der Waals surface area contributed by atoms with Gasteiger partial charge < -0.3 is 30.1 Å². The molecule has 0 aromatic heterocycles. The van der Waals surface area contributed by atoms with E-state index in [1.807, 2.05) is 12.4 Å². The van der Waals surface area contributed by atoms with Crippen molar-refractivity contribution in [2.75, 3.05) is 13.1 Å². The lowest BCUT2D eigenvalue weighted by Crippen LogP contribution is -3.09. The van der Waals surface area contributed by atoms with Gasteiger partial charge in [-0.25, -0.2) is 0 Å². The predicted molar refractivity (Wildman–Crippen MR) is 86.5 cm³/mol. The van der Waals surface area contributed by atoms with Crippen molar-refractivity contribution in [1.29, 1.82) is 0 Å². The maximum Gasteiger partial charge on any atom is 0.194 e. The molecule has 3 rings (SSSR count). The Morgan fingerprint density at radius 2 is 1.70 bits per heavy atom. The van der Waals surface area contributed by atoms with Crippen molar-refractivity contribution >= 4 is 17.7 Å². The molecule has 1 heterocycles. The fourth-order valence-electron chi connectivity index (χ4n) is 2.87. The van der Waals surface area contributed by atoms with Crippen molar-refractivity contribution in [2.24, 2.45) is 4.99 Å². The topological polar surface area (TPSA) is 33.4 Å². The summed E-state index contributed by atoms with van der Waals surface area (Å²) in [4.78, 5) is 5.84. The van der Waals surface area contributed by atoms with Gasteiger partial charge in [0.1, 0.15) is 18.8 Å². The maximum absolute atomic E-state index is 4.47. The lowest BCUT2D eigenvalue weighted by Gasteiger charge is -2.13. The van der Waals surface area contributed by atoms with Gasteiger partial charge in [0.05, 0.1) is 6.04 Å². The Balaban J connectivity index is 0.00000132. The highest BCUT2D eigenvalue weighted by Gasteiger charge is 2.20. The summed E-state index contributed by atoms with van der Waals surface area (Å²) in [6.45, 7) is 4.50. The van der Waals surface area contributed by atoms with Crippen LogP contribution < -0.4 is 35.0 Å². The van der Waals surface area contributed by atoms with Gasteiger partial charge in [-0.1, -0.05) is 42.5 Å². The zero-order chi connectivity index (χ0) is 14.5. The summed E-state index contributed by atoms with van der Waals surface area (Å²) in [5.74, 6) is 0. The van der Waals surface area contributed by atoms with Crippen LogP contribution in [0.5, 0.6) is 0 Å². The first-order chi connectivity index (χ1) is 10.3. The summed E-state index contributed by atoms with van der Waals surface area (Å²) in [7, 11) is 0. The molecule has 23 heavy (non-hydrogen) atoms. The molecule has 0 aliphatic carbocycles. The number of benzene rings is 2. The van der Waals surface area contributed by atoms with E-state index in [0.29, 0.717) is 6.04 Å². The number of fused-ring (bicyclic) bond motifs is 1. The molecule has 5 heteroatoms. The first-order valence-electron chi connectivity index (χ1n) is 7.69. The average Bonchev–Trinajstić information content (AvgIpc) is 2.92. The fourth-order valence-corrected chi connectivity index (χ4v) is 2.87. The molecule has 2 aromatic carbocycles. The summed E-state index contributed by atoms with van der Waals surface area (Å²) in [6, 6.07) is 19.7. The van der Waals surface area contributed by atoms with Crippen LogP contribution >= 0.6 is 0 Å². The number of nitrogens with two attached hydrogens (primary N) is 1. The Morgan fingerprint density at radius 1 is 1.00 bits per heavy atom. The lowest BCUT2D eigenvalue weighted by atomic mass is 10.1. The quantitative estimate of drug-likeness (QED) is 0.523. The monoisotopic (exact) mass is 351 g/mol. The molecule has 124 valence electrons. The van der Waals surface area contributed by atoms with E-state index in [1.54, 1.807) is 0 Å². The van der Waals surface area contributed by atoms with Crippen molar-refractivity contribution in [2.45, 2.75) is 19.4 Å². The fraction of sp³-hybridized carbons (Fsp3) is 0.278. The van der Waals surface area contributed by atoms with Crippen LogP contribution in [0.1, 0.15) is 12.5 Å². The van der Waals surface area contributed by atoms with E-state index in [-0.39, 0.29) is 24.8 Å². The predicted octanol–water partition coefficient (Wildman–Crippen LogP) is -4.92. The number of nitrogens with one attached hydrogen (secondary N) is 1. The van der Waals surface area contributed by atoms with E-state index in [1.165, 1.54) is 16.2 Å². The Kier molecular flexibility index (Phi) is 8.28. The molecule has 0 amide bonds. The Morgan fingerprint density at radius 3 is 2.48 bits per heavy atom. The van der Waals surface area contributed by atoms with E-state index < -0.39 is 0 Å². The third-order valence-corrected chi connectivity index (χ3v) is 3.99. The van der Waals surface area contributed by atoms with Gasteiger partial charge in [0.2, 0.25) is 0 Å². The van der Waals surface area contributed by atoms with E-state index in [2.05, 4.69) is 65.8 Å². The van der Waals surface area contributed by atoms with Gasteiger partial charge >= 0.3 is 0 Å². The number of nitrogens with zero attached hydrogens (tertiary/aromatic N) is 1. The highest BCUT2D eigenvalue weighted by molar-refractivity contribution is 5.71. The van der Waals surface area contributed by atoms with Crippen LogP contribution in [0.25, 0.3) is 0 Å². The number of halogens is 2. The molecular formula is C18H23Cl2N3. The molecule has 0 fully saturated rings. The average molecular weight is 352 g/mol. The molecular weight excluding hydrogens is 329 g/mol. The molecule has 0 bridgehead atoms. The van der Waals surface area contributed by atoms with Crippen LogP contribution in [0, 0.1) is 0 Å². The molecule has 0 spiro atoms. The Bertz CT molecular complexity index is 617. The second kappa shape index (κ2) is 9.68. The second-order valence-electron chi connectivity index (χ2n) is 5.74. The molecule has 0 radical (unpaired) electrons. The second-order valence-corrected chi connectivity index (χ2v) is 5.74. The minimum absolute atomic E-state index is 0. The molecule has 2 atom stereocenters. The third kappa shape index (κ3) is 5.33. The van der Waals surface area contributed by atoms with Crippen molar-refractivity contribution < 1.29 is 35.0 Å². The van der Waals surface area contributed by atoms with Gasteiger partial charge in [-0.2, -0.15) is 4.99 Å². The first-order valence-corrected chi connectivity index (χ1v) is 7.69. The number of hydrogen-bond acceptors (Lipinski definition) is 1. The van der Waals surface area contributed by atoms with Gasteiger partial charge in [-0.3, -0.25) is 4.90 Å². The van der Waals surface area contributed by atoms with Crippen molar-refractivity contribution in [3.8, 4) is 0 Å². The highest BCUT2D eigenvalue weighted by atomic mass is 35.5. The lowest BCUT2D eigenvalue weighted by molar-refractivity contribution is -0.771. The summed E-state index contributed by atoms with van der Waals surface area (Å²) in [5.41, 5.74) is 3.84. The molecule has 3 N–H and O–H groups in total. The normalized spacial score (nSPS) is 16.1. The van der Waals surface area contributed by atoms with Crippen LogP contribution in [0.4, 0.5) is 11.4 Å². The Labute approximate surface area is 150 Å². The molecule has 1 aliphatic heterocycles. The maximum atomic E-state index is 4.47. The molecule has 0 saturated heterocycles. The Hall–Kier alpha value is -1.39. The van der Waals surface area contributed by atoms with Gasteiger partial charge in [0.25, 0.3) is 0 Å². The van der Waals surface area contributed by atoms with Crippen molar-refractivity contribution in [3.63, 3.8) is 0 Å². The third-order valence-electron chi connectivity index (χ3n) is 3.99. The van der Waals surface area contributed by atoms with Gasteiger partial charge in [0.15, 0.2) is 12.0 Å². The molecule has 0 saturated carbocycles. The highest BCUT2D eigenvalue weighted by Crippen LogP contribution is 2.22. The summed E-state index contributed by atoms with van der Waals surface area (Å²) in [6.07, 6.45) is 3.15. The number of aliphatic imine (C=N–C) groups is 1. The van der Waals surface area contributed by atoms with E-state index in [4.69, 9.17) is 0 Å². The number of rotatable bonds is 6. The first kappa shape index (κ1) is 19.7. The van der Waals surface area contributed by atoms with Crippen LogP contribution in [0.2, 0.25) is 0 Å². The van der Waals surface area contributed by atoms with Gasteiger partial charge in [-0.05, 0) is 18.6 Å². The number of para-hydroxylation sites is 2. The molecule has 1 aliphatic rings. The standard InChI is InChI=1S/C18H21N3.2ClH/c1-15(13-16-7-3-2-4-8-16)19-11-12-21-14-20-17-9-5-6-10-18(17)21;;/h2-10,14-15,19H,11-13H2,1H3;2*1H. The van der Waals surface area contributed by atoms with E-state index >= 15 is 0 Å². The van der Waals surface area contributed by atoms with Gasteiger partial charge in [0, 0.05) is 12.5 Å². The molecule has 2 unspecified atom stereocenters. The van der Waals surface area contributed by atoms with E-state index in [0.717, 1.165) is 25.2 Å². The van der Waals surface area contributed by atoms with E-state index in [9.17, 15) is 0 Å². The van der Waals surface area contributed by atoms with Crippen LogP contribution in [0.15, 0.2) is 59.6 Å². The zero-order valence-electron chi connectivity index (χ0n) is 13.3. The van der Waals surface area contributed by atoms with Crippen LogP contribution in [0.3, 0.4) is 0 Å². The van der Waals surface area contributed by atoms with Crippen LogP contribution in [-0.4, -0.2) is 25.5 Å². The van der Waals surface area contributed by atoms with Crippen molar-refractivity contribution in [3.05, 3.63) is 60.2 Å². The summed E-state index contributed by atoms with van der Waals surface area (Å²) >= 11 is 0. The zero-order valence-corrected chi connectivity index (χ0v) is 14.8.